The van der Waals surface area contributed by atoms with Gasteiger partial charge in [-0.1, -0.05) is 11.6 Å². The number of nitrogens with one attached hydrogen (secondary N) is 1. The van der Waals surface area contributed by atoms with Crippen molar-refractivity contribution in [2.24, 2.45) is 0 Å². The van der Waals surface area contributed by atoms with E-state index in [1.54, 1.807) is 17.1 Å². The fraction of sp³-hybridized carbons (Fsp3) is 0.750. The molecule has 1 amide bonds. The molecule has 2 rings (SSSR count). The number of hydrogen-bond donors (Lipinski definition) is 1. The number of likely N-dealkylation sites (N-methyl/N-ethyl adjacent to an activating group) is 1. The first-order valence-corrected chi connectivity index (χ1v) is 6.57. The molecule has 1 N–H and O–H groups in total. The van der Waals surface area contributed by atoms with Crippen LogP contribution < -0.4 is 5.32 Å². The normalized spacial score (nSPS) is 19.7. The van der Waals surface area contributed by atoms with Gasteiger partial charge in [0, 0.05) is 32.3 Å². The van der Waals surface area contributed by atoms with Crippen LogP contribution >= 0.6 is 0 Å². The smallest absolute Gasteiger partial charge is 0.224 e. The summed E-state index contributed by atoms with van der Waals surface area (Å²) in [4.78, 5) is 13.8. The van der Waals surface area contributed by atoms with E-state index in [-0.39, 0.29) is 5.91 Å². The summed E-state index contributed by atoms with van der Waals surface area (Å²) in [6.45, 7) is 2.48. The SMILES string of the molecule is CN(CC1CCCCN1)C(=O)CCn1ccnn1. The Kier molecular flexibility index (Phi) is 4.69. The van der Waals surface area contributed by atoms with Gasteiger partial charge in [0.1, 0.15) is 0 Å². The predicted octanol–water partition coefficient (Wildman–Crippen LogP) is 0.269. The van der Waals surface area contributed by atoms with Crippen LogP contribution in [-0.2, 0) is 11.3 Å². The van der Waals surface area contributed by atoms with E-state index in [1.165, 1.54) is 19.3 Å². The van der Waals surface area contributed by atoms with Crippen LogP contribution in [0.4, 0.5) is 0 Å². The van der Waals surface area contributed by atoms with Crippen LogP contribution in [0.5, 0.6) is 0 Å². The molecule has 100 valence electrons. The van der Waals surface area contributed by atoms with Gasteiger partial charge in [0.05, 0.1) is 12.7 Å². The predicted molar refractivity (Wildman–Crippen MR) is 67.9 cm³/mol. The highest BCUT2D eigenvalue weighted by atomic mass is 16.2. The van der Waals surface area contributed by atoms with Crippen LogP contribution in [0.3, 0.4) is 0 Å². The lowest BCUT2D eigenvalue weighted by atomic mass is 10.0. The van der Waals surface area contributed by atoms with Crippen molar-refractivity contribution in [3.8, 4) is 0 Å². The van der Waals surface area contributed by atoms with Crippen molar-refractivity contribution in [2.45, 2.75) is 38.3 Å². The molecule has 0 aliphatic carbocycles. The molecule has 1 aromatic rings. The van der Waals surface area contributed by atoms with Gasteiger partial charge in [-0.3, -0.25) is 9.48 Å². The summed E-state index contributed by atoms with van der Waals surface area (Å²) in [6, 6.07) is 0.457. The van der Waals surface area contributed by atoms with Gasteiger partial charge in [-0.25, -0.2) is 0 Å². The van der Waals surface area contributed by atoms with Crippen LogP contribution in [-0.4, -0.2) is 52.0 Å². The van der Waals surface area contributed by atoms with E-state index in [1.807, 2.05) is 11.9 Å². The number of aromatic nitrogens is 3. The second-order valence-corrected chi connectivity index (χ2v) is 4.84. The molecular formula is C12H21N5O. The number of piperidine rings is 1. The second kappa shape index (κ2) is 6.49. The zero-order chi connectivity index (χ0) is 12.8. The van der Waals surface area contributed by atoms with E-state index < -0.39 is 0 Å². The summed E-state index contributed by atoms with van der Waals surface area (Å²) >= 11 is 0. The number of carbonyl (C=O) groups excluding carboxylic acids is 1. The number of aryl methyl sites for hydroxylation is 1. The Bertz CT molecular complexity index is 359. The maximum Gasteiger partial charge on any atom is 0.224 e. The quantitative estimate of drug-likeness (QED) is 0.816. The van der Waals surface area contributed by atoms with E-state index in [0.717, 1.165) is 13.1 Å². The van der Waals surface area contributed by atoms with Crippen LogP contribution in [0.2, 0.25) is 0 Å². The first kappa shape index (κ1) is 13.0. The molecule has 1 unspecified atom stereocenters. The van der Waals surface area contributed by atoms with Crippen molar-refractivity contribution in [1.82, 2.24) is 25.2 Å². The lowest BCUT2D eigenvalue weighted by molar-refractivity contribution is -0.130. The molecule has 0 spiro atoms. The molecule has 0 radical (unpaired) electrons. The molecule has 6 heteroatoms. The molecule has 1 aromatic heterocycles. The Morgan fingerprint density at radius 1 is 1.56 bits per heavy atom. The van der Waals surface area contributed by atoms with Crippen molar-refractivity contribution in [2.75, 3.05) is 20.1 Å². The fourth-order valence-corrected chi connectivity index (χ4v) is 2.27. The van der Waals surface area contributed by atoms with Crippen LogP contribution in [0.25, 0.3) is 0 Å². The minimum Gasteiger partial charge on any atom is -0.344 e. The number of nitrogens with zero attached hydrogens (tertiary/aromatic N) is 4. The topological polar surface area (TPSA) is 63.1 Å². The molecule has 0 aromatic carbocycles. The van der Waals surface area contributed by atoms with Gasteiger partial charge in [-0.15, -0.1) is 5.10 Å². The van der Waals surface area contributed by atoms with Gasteiger partial charge in [0.2, 0.25) is 5.91 Å². The molecule has 1 fully saturated rings. The monoisotopic (exact) mass is 251 g/mol. The van der Waals surface area contributed by atoms with Crippen molar-refractivity contribution >= 4 is 5.91 Å². The Morgan fingerprint density at radius 2 is 2.44 bits per heavy atom. The van der Waals surface area contributed by atoms with E-state index in [9.17, 15) is 4.79 Å². The van der Waals surface area contributed by atoms with Crippen molar-refractivity contribution in [3.05, 3.63) is 12.4 Å². The summed E-state index contributed by atoms with van der Waals surface area (Å²) in [5.74, 6) is 0.165. The number of carbonyl (C=O) groups is 1. The van der Waals surface area contributed by atoms with E-state index in [2.05, 4.69) is 15.6 Å². The average molecular weight is 251 g/mol. The van der Waals surface area contributed by atoms with E-state index in [4.69, 9.17) is 0 Å². The largest absolute Gasteiger partial charge is 0.344 e. The third kappa shape index (κ3) is 3.80. The van der Waals surface area contributed by atoms with Gasteiger partial charge < -0.3 is 10.2 Å². The van der Waals surface area contributed by atoms with E-state index in [0.29, 0.717) is 19.0 Å². The Morgan fingerprint density at radius 3 is 3.11 bits per heavy atom. The van der Waals surface area contributed by atoms with E-state index >= 15 is 0 Å². The molecule has 2 heterocycles. The highest BCUT2D eigenvalue weighted by Crippen LogP contribution is 2.08. The number of rotatable bonds is 5. The molecule has 1 aliphatic rings. The van der Waals surface area contributed by atoms with Crippen LogP contribution in [0.15, 0.2) is 12.4 Å². The van der Waals surface area contributed by atoms with Crippen LogP contribution in [0, 0.1) is 0 Å². The molecular weight excluding hydrogens is 230 g/mol. The minimum absolute atomic E-state index is 0.165. The zero-order valence-electron chi connectivity index (χ0n) is 10.9. The molecule has 1 saturated heterocycles. The maximum atomic E-state index is 11.9. The molecule has 0 bridgehead atoms. The summed E-state index contributed by atoms with van der Waals surface area (Å²) in [7, 11) is 1.87. The minimum atomic E-state index is 0.165. The van der Waals surface area contributed by atoms with Gasteiger partial charge >= 0.3 is 0 Å². The van der Waals surface area contributed by atoms with Gasteiger partial charge in [-0.05, 0) is 19.4 Å². The Balaban J connectivity index is 1.70. The Labute approximate surface area is 107 Å². The van der Waals surface area contributed by atoms with Crippen molar-refractivity contribution < 1.29 is 4.79 Å². The summed E-state index contributed by atoms with van der Waals surface area (Å²) in [5.41, 5.74) is 0. The van der Waals surface area contributed by atoms with Crippen molar-refractivity contribution in [1.29, 1.82) is 0 Å². The number of amides is 1. The molecule has 0 saturated carbocycles. The molecule has 1 atom stereocenters. The average Bonchev–Trinajstić information content (AvgIpc) is 2.90. The first-order valence-electron chi connectivity index (χ1n) is 6.57. The van der Waals surface area contributed by atoms with Gasteiger partial charge in [0.25, 0.3) is 0 Å². The molecule has 18 heavy (non-hydrogen) atoms. The highest BCUT2D eigenvalue weighted by Gasteiger charge is 2.17. The van der Waals surface area contributed by atoms with Gasteiger partial charge in [-0.2, -0.15) is 0 Å². The summed E-state index contributed by atoms with van der Waals surface area (Å²) in [5, 5.41) is 11.0. The molecule has 1 aliphatic heterocycles. The van der Waals surface area contributed by atoms with Gasteiger partial charge in [0.15, 0.2) is 0 Å². The standard InChI is InChI=1S/C12H21N5O/c1-16(10-11-4-2-3-6-13-11)12(18)5-8-17-9-7-14-15-17/h7,9,11,13H,2-6,8,10H2,1H3. The lowest BCUT2D eigenvalue weighted by Crippen LogP contribution is -2.44. The highest BCUT2D eigenvalue weighted by molar-refractivity contribution is 5.75. The maximum absolute atomic E-state index is 11.9. The van der Waals surface area contributed by atoms with Crippen molar-refractivity contribution in [3.63, 3.8) is 0 Å². The number of hydrogen-bond acceptors (Lipinski definition) is 4. The molecule has 6 nitrogen and oxygen atoms in total. The zero-order valence-corrected chi connectivity index (χ0v) is 10.9. The Hall–Kier alpha value is -1.43. The first-order chi connectivity index (χ1) is 8.75. The summed E-state index contributed by atoms with van der Waals surface area (Å²) < 4.78 is 1.69. The second-order valence-electron chi connectivity index (χ2n) is 4.84. The summed E-state index contributed by atoms with van der Waals surface area (Å²) in [6.07, 6.45) is 7.56. The lowest BCUT2D eigenvalue weighted by Gasteiger charge is -2.28. The third-order valence-electron chi connectivity index (χ3n) is 3.36. The fourth-order valence-electron chi connectivity index (χ4n) is 2.27. The third-order valence-corrected chi connectivity index (χ3v) is 3.36. The van der Waals surface area contributed by atoms with Crippen LogP contribution in [0.1, 0.15) is 25.7 Å².